The van der Waals surface area contributed by atoms with Crippen LogP contribution in [0.2, 0.25) is 0 Å². The van der Waals surface area contributed by atoms with Crippen LogP contribution in [-0.2, 0) is 4.79 Å². The summed E-state index contributed by atoms with van der Waals surface area (Å²) in [5, 5.41) is 10.3. The molecule has 0 aliphatic rings. The van der Waals surface area contributed by atoms with Crippen LogP contribution in [0.5, 0.6) is 0 Å². The van der Waals surface area contributed by atoms with Crippen molar-refractivity contribution in [2.75, 3.05) is 0 Å². The summed E-state index contributed by atoms with van der Waals surface area (Å²) in [7, 11) is 0. The van der Waals surface area contributed by atoms with Gasteiger partial charge in [-0.25, -0.2) is 14.8 Å². The molecule has 0 bridgehead atoms. The summed E-state index contributed by atoms with van der Waals surface area (Å²) in [6, 6.07) is 19.0. The number of hydrogen-bond donors (Lipinski definition) is 1. The lowest BCUT2D eigenvalue weighted by Gasteiger charge is -2.11. The average molecular weight is 343 g/mol. The van der Waals surface area contributed by atoms with Gasteiger partial charge in [-0.2, -0.15) is 0 Å². The first kappa shape index (κ1) is 16.0. The summed E-state index contributed by atoms with van der Waals surface area (Å²) < 4.78 is 1.75. The third-order valence-corrected chi connectivity index (χ3v) is 4.48. The van der Waals surface area contributed by atoms with Crippen molar-refractivity contribution in [2.45, 2.75) is 13.0 Å². The molecule has 0 fully saturated rings. The lowest BCUT2D eigenvalue weighted by atomic mass is 10.1. The molecule has 4 aromatic rings. The quantitative estimate of drug-likeness (QED) is 0.596. The first-order valence-electron chi connectivity index (χ1n) is 8.36. The number of fused-ring (bicyclic) bond motifs is 1. The Bertz CT molecular complexity index is 1090. The number of aliphatic carboxylic acids is 1. The number of benzene rings is 2. The first-order valence-corrected chi connectivity index (χ1v) is 8.36. The van der Waals surface area contributed by atoms with Crippen molar-refractivity contribution in [3.05, 3.63) is 73.1 Å². The number of carbonyl (C=O) groups is 1. The minimum Gasteiger partial charge on any atom is -0.480 e. The highest BCUT2D eigenvalue weighted by Gasteiger charge is 2.16. The largest absolute Gasteiger partial charge is 0.480 e. The molecule has 1 unspecified atom stereocenters. The fourth-order valence-corrected chi connectivity index (χ4v) is 3.01. The van der Waals surface area contributed by atoms with E-state index in [0.717, 1.165) is 27.7 Å². The van der Waals surface area contributed by atoms with Gasteiger partial charge in [0.2, 0.25) is 0 Å². The number of nitrogens with zero attached hydrogens (tertiary/aromatic N) is 3. The minimum absolute atomic E-state index is 0.615. The van der Waals surface area contributed by atoms with E-state index < -0.39 is 12.0 Å². The molecule has 0 amide bonds. The Balaban J connectivity index is 1.80. The number of carboxylic acid groups (broad SMARTS) is 1. The van der Waals surface area contributed by atoms with Crippen LogP contribution in [0.1, 0.15) is 13.0 Å². The van der Waals surface area contributed by atoms with Crippen molar-refractivity contribution < 1.29 is 9.90 Å². The van der Waals surface area contributed by atoms with Gasteiger partial charge in [-0.15, -0.1) is 0 Å². The van der Waals surface area contributed by atoms with Crippen LogP contribution < -0.4 is 0 Å². The van der Waals surface area contributed by atoms with E-state index in [9.17, 15) is 9.90 Å². The maximum Gasteiger partial charge on any atom is 0.326 e. The second-order valence-corrected chi connectivity index (χ2v) is 6.14. The Labute approximate surface area is 150 Å². The third kappa shape index (κ3) is 2.84. The van der Waals surface area contributed by atoms with E-state index in [1.165, 1.54) is 0 Å². The van der Waals surface area contributed by atoms with E-state index >= 15 is 0 Å². The van der Waals surface area contributed by atoms with Crippen LogP contribution in [-0.4, -0.2) is 25.6 Å². The second-order valence-electron chi connectivity index (χ2n) is 6.14. The molecule has 2 heterocycles. The molecule has 0 radical (unpaired) electrons. The van der Waals surface area contributed by atoms with Crippen LogP contribution in [0.15, 0.2) is 73.1 Å². The Morgan fingerprint density at radius 3 is 2.62 bits per heavy atom. The lowest BCUT2D eigenvalue weighted by molar-refractivity contribution is -0.140. The molecule has 2 aromatic carbocycles. The van der Waals surface area contributed by atoms with Crippen LogP contribution in [0, 0.1) is 0 Å². The number of hydrogen-bond acceptors (Lipinski definition) is 3. The van der Waals surface area contributed by atoms with E-state index in [4.69, 9.17) is 0 Å². The van der Waals surface area contributed by atoms with Crippen molar-refractivity contribution in [2.24, 2.45) is 0 Å². The molecule has 0 aliphatic carbocycles. The molecule has 26 heavy (non-hydrogen) atoms. The van der Waals surface area contributed by atoms with Crippen molar-refractivity contribution in [3.63, 3.8) is 0 Å². The van der Waals surface area contributed by atoms with Gasteiger partial charge in [-0.3, -0.25) is 0 Å². The van der Waals surface area contributed by atoms with E-state index in [1.54, 1.807) is 23.9 Å². The molecule has 5 heteroatoms. The smallest absolute Gasteiger partial charge is 0.326 e. The van der Waals surface area contributed by atoms with E-state index in [0.29, 0.717) is 5.82 Å². The molecule has 2 aromatic heterocycles. The molecule has 1 atom stereocenters. The van der Waals surface area contributed by atoms with E-state index in [1.807, 2.05) is 60.7 Å². The summed E-state index contributed by atoms with van der Waals surface area (Å²) in [4.78, 5) is 20.4. The van der Waals surface area contributed by atoms with Gasteiger partial charge in [0.05, 0.1) is 5.69 Å². The van der Waals surface area contributed by atoms with Crippen molar-refractivity contribution >= 4 is 16.9 Å². The number of rotatable bonds is 4. The zero-order valence-electron chi connectivity index (χ0n) is 14.2. The van der Waals surface area contributed by atoms with Crippen LogP contribution in [0.3, 0.4) is 0 Å². The van der Waals surface area contributed by atoms with Crippen LogP contribution in [0.25, 0.3) is 33.5 Å². The molecule has 0 saturated heterocycles. The normalized spacial score (nSPS) is 12.2. The molecule has 0 saturated carbocycles. The van der Waals surface area contributed by atoms with Gasteiger partial charge in [0, 0.05) is 29.0 Å². The molecule has 0 aliphatic heterocycles. The standard InChI is InChI=1S/C21H17N3O2/c1-14(21(25)26)24-12-10-16-7-8-17(13-19(16)24)20-22-11-9-18(23-20)15-5-3-2-4-6-15/h2-14H,1H3,(H,25,26). The monoisotopic (exact) mass is 343 g/mol. The predicted octanol–water partition coefficient (Wildman–Crippen LogP) is 4.41. The summed E-state index contributed by atoms with van der Waals surface area (Å²) in [5.41, 5.74) is 3.59. The minimum atomic E-state index is -0.866. The lowest BCUT2D eigenvalue weighted by Crippen LogP contribution is -2.14. The van der Waals surface area contributed by atoms with Crippen LogP contribution >= 0.6 is 0 Å². The molecule has 1 N–H and O–H groups in total. The Morgan fingerprint density at radius 2 is 1.85 bits per heavy atom. The first-order chi connectivity index (χ1) is 12.6. The highest BCUT2D eigenvalue weighted by molar-refractivity contribution is 5.86. The van der Waals surface area contributed by atoms with Gasteiger partial charge in [0.25, 0.3) is 0 Å². The van der Waals surface area contributed by atoms with Crippen LogP contribution in [0.4, 0.5) is 0 Å². The summed E-state index contributed by atoms with van der Waals surface area (Å²) in [6.45, 7) is 1.67. The average Bonchev–Trinajstić information content (AvgIpc) is 3.11. The zero-order chi connectivity index (χ0) is 18.1. The molecule has 0 spiro atoms. The summed E-state index contributed by atoms with van der Waals surface area (Å²) in [6.07, 6.45) is 3.54. The molecular weight excluding hydrogens is 326 g/mol. The SMILES string of the molecule is CC(C(=O)O)n1ccc2ccc(-c3nccc(-c4ccccc4)n3)cc21. The fraction of sp³-hybridized carbons (Fsp3) is 0.0952. The van der Waals surface area contributed by atoms with Crippen molar-refractivity contribution in [1.82, 2.24) is 14.5 Å². The highest BCUT2D eigenvalue weighted by atomic mass is 16.4. The van der Waals surface area contributed by atoms with Crippen molar-refractivity contribution in [1.29, 1.82) is 0 Å². The zero-order valence-corrected chi connectivity index (χ0v) is 14.2. The summed E-state index contributed by atoms with van der Waals surface area (Å²) in [5.74, 6) is -0.251. The predicted molar refractivity (Wildman–Crippen MR) is 101 cm³/mol. The van der Waals surface area contributed by atoms with Gasteiger partial charge in [-0.1, -0.05) is 42.5 Å². The maximum atomic E-state index is 11.4. The number of aromatic nitrogens is 3. The highest BCUT2D eigenvalue weighted by Crippen LogP contribution is 2.26. The molecule has 4 rings (SSSR count). The Morgan fingerprint density at radius 1 is 1.04 bits per heavy atom. The number of carboxylic acids is 1. The maximum absolute atomic E-state index is 11.4. The van der Waals surface area contributed by atoms with Crippen molar-refractivity contribution in [3.8, 4) is 22.6 Å². The van der Waals surface area contributed by atoms with Gasteiger partial charge in [0.15, 0.2) is 5.82 Å². The fourth-order valence-electron chi connectivity index (χ4n) is 3.01. The summed E-state index contributed by atoms with van der Waals surface area (Å²) >= 11 is 0. The van der Waals surface area contributed by atoms with Gasteiger partial charge >= 0.3 is 5.97 Å². The van der Waals surface area contributed by atoms with E-state index in [2.05, 4.69) is 9.97 Å². The topological polar surface area (TPSA) is 68.0 Å². The molecular formula is C21H17N3O2. The third-order valence-electron chi connectivity index (χ3n) is 4.48. The Kier molecular flexibility index (Phi) is 3.97. The van der Waals surface area contributed by atoms with Gasteiger partial charge in [-0.05, 0) is 30.5 Å². The van der Waals surface area contributed by atoms with E-state index in [-0.39, 0.29) is 0 Å². The second kappa shape index (κ2) is 6.44. The van der Waals surface area contributed by atoms with Gasteiger partial charge in [0.1, 0.15) is 6.04 Å². The molecule has 5 nitrogen and oxygen atoms in total. The Hall–Kier alpha value is -3.47. The molecule has 128 valence electrons. The van der Waals surface area contributed by atoms with Gasteiger partial charge < -0.3 is 9.67 Å².